The third kappa shape index (κ3) is 5.21. The van der Waals surface area contributed by atoms with Crippen LogP contribution in [0.4, 0.5) is 11.4 Å². The molecule has 0 bridgehead atoms. The summed E-state index contributed by atoms with van der Waals surface area (Å²) < 4.78 is 2.07. The van der Waals surface area contributed by atoms with E-state index in [9.17, 15) is 4.79 Å². The fourth-order valence-corrected chi connectivity index (χ4v) is 2.77. The average Bonchev–Trinajstić information content (AvgIpc) is 2.69. The molecule has 3 rings (SSSR count). The van der Waals surface area contributed by atoms with Gasteiger partial charge in [0.2, 0.25) is 11.6 Å². The van der Waals surface area contributed by atoms with Crippen LogP contribution in [-0.4, -0.2) is 20.0 Å². The zero-order valence-electron chi connectivity index (χ0n) is 16.3. The molecule has 144 valence electrons. The number of halogens is 1. The molecule has 0 saturated heterocycles. The van der Waals surface area contributed by atoms with Crippen molar-refractivity contribution in [1.29, 1.82) is 0 Å². The van der Waals surface area contributed by atoms with Crippen molar-refractivity contribution < 1.29 is 21.8 Å². The smallest absolute Gasteiger partial charge is 0.227 e. The van der Waals surface area contributed by atoms with Gasteiger partial charge in [0.15, 0.2) is 12.4 Å². The normalized spacial score (nSPS) is 10.4. The highest BCUT2D eigenvalue weighted by Crippen LogP contribution is 2.15. The zero-order valence-corrected chi connectivity index (χ0v) is 17.0. The minimum Gasteiger partial charge on any atom is -1.00 e. The van der Waals surface area contributed by atoms with E-state index in [2.05, 4.69) is 33.7 Å². The Hall–Kier alpha value is -3.11. The van der Waals surface area contributed by atoms with Gasteiger partial charge in [0.1, 0.15) is 0 Å². The predicted octanol–water partition coefficient (Wildman–Crippen LogP) is 1.06. The van der Waals surface area contributed by atoms with E-state index in [1.165, 1.54) is 5.69 Å². The minimum atomic E-state index is -0.0237. The molecule has 5 heteroatoms. The second-order valence-corrected chi connectivity index (χ2v) is 6.49. The first-order valence-electron chi connectivity index (χ1n) is 8.87. The number of amides is 1. The van der Waals surface area contributed by atoms with Crippen LogP contribution < -0.4 is 26.8 Å². The second kappa shape index (κ2) is 9.72. The van der Waals surface area contributed by atoms with Crippen molar-refractivity contribution in [1.82, 2.24) is 0 Å². The van der Waals surface area contributed by atoms with Gasteiger partial charge in [-0.15, -0.1) is 0 Å². The molecule has 0 saturated carbocycles. The topological polar surface area (TPSA) is 27.4 Å². The number of para-hydroxylation sites is 1. The molecule has 0 aliphatic rings. The maximum Gasteiger partial charge on any atom is 0.227 e. The quantitative estimate of drug-likeness (QED) is 0.606. The molecule has 0 unspecified atom stereocenters. The van der Waals surface area contributed by atoms with Gasteiger partial charge in [0, 0.05) is 62.9 Å². The van der Waals surface area contributed by atoms with Crippen LogP contribution in [-0.2, 0) is 4.79 Å². The molecule has 0 N–H and O–H groups in total. The number of pyridine rings is 1. The van der Waals surface area contributed by atoms with Crippen LogP contribution >= 0.6 is 0 Å². The van der Waals surface area contributed by atoms with Crippen LogP contribution in [0.15, 0.2) is 85.3 Å². The number of nitrogens with zero attached hydrogens (tertiary/aromatic N) is 3. The molecule has 1 amide bonds. The highest BCUT2D eigenvalue weighted by molar-refractivity contribution is 5.94. The molecule has 0 aliphatic heterocycles. The third-order valence-electron chi connectivity index (χ3n) is 4.31. The predicted molar refractivity (Wildman–Crippen MR) is 111 cm³/mol. The van der Waals surface area contributed by atoms with Crippen molar-refractivity contribution >= 4 is 23.4 Å². The van der Waals surface area contributed by atoms with Crippen molar-refractivity contribution in [2.24, 2.45) is 0 Å². The first kappa shape index (κ1) is 21.2. The largest absolute Gasteiger partial charge is 1.00 e. The van der Waals surface area contributed by atoms with E-state index >= 15 is 0 Å². The Morgan fingerprint density at radius 1 is 0.857 bits per heavy atom. The third-order valence-corrected chi connectivity index (χ3v) is 4.31. The number of rotatable bonds is 5. The van der Waals surface area contributed by atoms with E-state index in [1.807, 2.05) is 81.2 Å². The van der Waals surface area contributed by atoms with Gasteiger partial charge >= 0.3 is 0 Å². The molecular formula is C23H24ClN3O. The Morgan fingerprint density at radius 3 is 2.00 bits per heavy atom. The summed E-state index contributed by atoms with van der Waals surface area (Å²) in [6.45, 7) is 1.56. The monoisotopic (exact) mass is 393 g/mol. The molecule has 0 aliphatic carbocycles. The second-order valence-electron chi connectivity index (χ2n) is 6.49. The lowest BCUT2D eigenvalue weighted by Crippen LogP contribution is -3.00. The number of hydrogen-bond donors (Lipinski definition) is 0. The Balaban J connectivity index is 0.00000280. The van der Waals surface area contributed by atoms with Gasteiger partial charge in [-0.25, -0.2) is 0 Å². The molecule has 1 aromatic heterocycles. The van der Waals surface area contributed by atoms with E-state index < -0.39 is 0 Å². The van der Waals surface area contributed by atoms with Crippen molar-refractivity contribution in [2.75, 3.05) is 23.9 Å². The van der Waals surface area contributed by atoms with Gasteiger partial charge in [-0.1, -0.05) is 18.2 Å². The fourth-order valence-electron chi connectivity index (χ4n) is 2.77. The molecular weight excluding hydrogens is 370 g/mol. The summed E-state index contributed by atoms with van der Waals surface area (Å²) in [4.78, 5) is 15.7. The van der Waals surface area contributed by atoms with Gasteiger partial charge in [0.05, 0.1) is 0 Å². The highest BCUT2D eigenvalue weighted by atomic mass is 35.5. The molecule has 4 nitrogen and oxygen atoms in total. The number of carbonyl (C=O) groups excluding carboxylic acids is 1. The molecule has 0 fully saturated rings. The molecule has 1 heterocycles. The highest BCUT2D eigenvalue weighted by Gasteiger charge is 2.08. The first-order valence-corrected chi connectivity index (χ1v) is 8.87. The number of carbonyl (C=O) groups is 1. The van der Waals surface area contributed by atoms with E-state index in [0.717, 1.165) is 16.9 Å². The Kier molecular flexibility index (Phi) is 7.36. The Bertz CT molecular complexity index is 920. The van der Waals surface area contributed by atoms with E-state index in [4.69, 9.17) is 0 Å². The van der Waals surface area contributed by atoms with E-state index in [-0.39, 0.29) is 18.3 Å². The van der Waals surface area contributed by atoms with Crippen LogP contribution in [0.3, 0.4) is 0 Å². The van der Waals surface area contributed by atoms with E-state index in [0.29, 0.717) is 0 Å². The number of aromatic nitrogens is 1. The van der Waals surface area contributed by atoms with Gasteiger partial charge in [-0.3, -0.25) is 9.69 Å². The lowest BCUT2D eigenvalue weighted by Gasteiger charge is -2.16. The summed E-state index contributed by atoms with van der Waals surface area (Å²) in [5.41, 5.74) is 4.15. The maximum atomic E-state index is 11.9. The SMILES string of the molecule is CC(=O)N(C=Cc1cc[n+](-c2ccc(N(C)C)cc2)cc1)c1ccccc1.[Cl-]. The number of hydrogen-bond acceptors (Lipinski definition) is 2. The lowest BCUT2D eigenvalue weighted by molar-refractivity contribution is -0.595. The van der Waals surface area contributed by atoms with Gasteiger partial charge in [0.25, 0.3) is 0 Å². The molecule has 0 atom stereocenters. The first-order chi connectivity index (χ1) is 13.0. The summed E-state index contributed by atoms with van der Waals surface area (Å²) in [5, 5.41) is 0. The molecule has 28 heavy (non-hydrogen) atoms. The van der Waals surface area contributed by atoms with Crippen molar-refractivity contribution in [3.8, 4) is 5.69 Å². The van der Waals surface area contributed by atoms with Gasteiger partial charge in [-0.05, 0) is 35.9 Å². The number of benzene rings is 2. The molecule has 0 spiro atoms. The summed E-state index contributed by atoms with van der Waals surface area (Å²) in [5.74, 6) is -0.0237. The van der Waals surface area contributed by atoms with Crippen LogP contribution in [0.5, 0.6) is 0 Å². The van der Waals surface area contributed by atoms with Crippen LogP contribution in [0.1, 0.15) is 12.5 Å². The lowest BCUT2D eigenvalue weighted by atomic mass is 10.2. The van der Waals surface area contributed by atoms with Gasteiger partial charge < -0.3 is 17.3 Å². The summed E-state index contributed by atoms with van der Waals surface area (Å²) in [6, 6.07) is 22.1. The summed E-state index contributed by atoms with van der Waals surface area (Å²) in [6.07, 6.45) is 7.78. The molecule has 2 aromatic carbocycles. The van der Waals surface area contributed by atoms with Crippen molar-refractivity contribution in [3.63, 3.8) is 0 Å². The summed E-state index contributed by atoms with van der Waals surface area (Å²) >= 11 is 0. The minimum absolute atomic E-state index is 0. The molecule has 0 radical (unpaired) electrons. The molecule has 3 aromatic rings. The standard InChI is InChI=1S/C23H24N3O.ClH/c1-19(27)26(23-7-5-4-6-8-23)18-15-20-13-16-25(17-14-20)22-11-9-21(10-12-22)24(2)3;/h4-18H,1-3H3;1H/q+1;/p-1. The van der Waals surface area contributed by atoms with Crippen molar-refractivity contribution in [3.05, 3.63) is 90.9 Å². The van der Waals surface area contributed by atoms with E-state index in [1.54, 1.807) is 11.8 Å². The zero-order chi connectivity index (χ0) is 19.2. The van der Waals surface area contributed by atoms with Gasteiger partial charge in [-0.2, -0.15) is 4.57 Å². The maximum absolute atomic E-state index is 11.9. The van der Waals surface area contributed by atoms with Crippen LogP contribution in [0.25, 0.3) is 11.8 Å². The Morgan fingerprint density at radius 2 is 1.46 bits per heavy atom. The Labute approximate surface area is 172 Å². The van der Waals surface area contributed by atoms with Crippen LogP contribution in [0.2, 0.25) is 0 Å². The van der Waals surface area contributed by atoms with Crippen LogP contribution in [0, 0.1) is 0 Å². The average molecular weight is 394 g/mol. The summed E-state index contributed by atoms with van der Waals surface area (Å²) in [7, 11) is 4.06. The fraction of sp³-hybridized carbons (Fsp3) is 0.130. The van der Waals surface area contributed by atoms with Crippen molar-refractivity contribution in [2.45, 2.75) is 6.92 Å². The number of anilines is 2.